The van der Waals surface area contributed by atoms with Crippen LogP contribution in [0.15, 0.2) is 36.5 Å². The number of carbonyl (C=O) groups is 1. The van der Waals surface area contributed by atoms with Crippen molar-refractivity contribution >= 4 is 11.7 Å². The van der Waals surface area contributed by atoms with E-state index in [1.54, 1.807) is 6.20 Å². The average molecular weight is 330 g/mol. The lowest BCUT2D eigenvalue weighted by molar-refractivity contribution is -0.123. The Morgan fingerprint density at radius 3 is 2.71 bits per heavy atom. The minimum absolute atomic E-state index is 0.141. The van der Waals surface area contributed by atoms with Crippen LogP contribution in [0.4, 0.5) is 10.2 Å². The number of hydrogen-bond donors (Lipinski definition) is 1. The van der Waals surface area contributed by atoms with Crippen LogP contribution in [0.2, 0.25) is 0 Å². The van der Waals surface area contributed by atoms with Crippen molar-refractivity contribution in [2.45, 2.75) is 19.4 Å². The quantitative estimate of drug-likeness (QED) is 0.876. The first-order valence-electron chi connectivity index (χ1n) is 7.93. The number of nitrogens with zero attached hydrogens (tertiary/aromatic N) is 3. The first kappa shape index (κ1) is 16.2. The number of halogens is 1. The van der Waals surface area contributed by atoms with Crippen LogP contribution in [0.5, 0.6) is 5.75 Å². The highest BCUT2D eigenvalue weighted by Gasteiger charge is 2.14. The minimum atomic E-state index is -0.346. The third-order valence-corrected chi connectivity index (χ3v) is 3.75. The van der Waals surface area contributed by atoms with Crippen LogP contribution in [0.25, 0.3) is 0 Å². The van der Waals surface area contributed by atoms with Crippen LogP contribution in [-0.2, 0) is 11.3 Å². The number of anilines is 1. The molecule has 7 heteroatoms. The van der Waals surface area contributed by atoms with Crippen molar-refractivity contribution in [2.24, 2.45) is 0 Å². The zero-order chi connectivity index (χ0) is 16.8. The molecule has 0 aliphatic carbocycles. The second-order valence-corrected chi connectivity index (χ2v) is 5.54. The molecule has 1 fully saturated rings. The number of carbonyl (C=O) groups excluding carboxylic acids is 1. The Labute approximate surface area is 139 Å². The predicted octanol–water partition coefficient (Wildman–Crippen LogP) is 1.91. The molecule has 2 heterocycles. The second-order valence-electron chi connectivity index (χ2n) is 5.54. The molecule has 0 bridgehead atoms. The first-order chi connectivity index (χ1) is 11.7. The van der Waals surface area contributed by atoms with Gasteiger partial charge in [0.25, 0.3) is 5.91 Å². The van der Waals surface area contributed by atoms with Gasteiger partial charge in [-0.3, -0.25) is 4.79 Å². The molecule has 1 aromatic heterocycles. The minimum Gasteiger partial charge on any atom is -0.484 e. The Kier molecular flexibility index (Phi) is 5.20. The van der Waals surface area contributed by atoms with Crippen molar-refractivity contribution in [3.05, 3.63) is 48.2 Å². The maximum atomic E-state index is 12.8. The van der Waals surface area contributed by atoms with Crippen molar-refractivity contribution in [3.63, 3.8) is 0 Å². The van der Waals surface area contributed by atoms with E-state index in [-0.39, 0.29) is 24.9 Å². The zero-order valence-corrected chi connectivity index (χ0v) is 13.2. The van der Waals surface area contributed by atoms with Gasteiger partial charge in [-0.2, -0.15) is 0 Å². The van der Waals surface area contributed by atoms with Crippen molar-refractivity contribution in [1.29, 1.82) is 0 Å². The van der Waals surface area contributed by atoms with Gasteiger partial charge in [-0.15, -0.1) is 0 Å². The summed E-state index contributed by atoms with van der Waals surface area (Å²) in [5.41, 5.74) is 0. The summed E-state index contributed by atoms with van der Waals surface area (Å²) in [5, 5.41) is 2.72. The van der Waals surface area contributed by atoms with Gasteiger partial charge < -0.3 is 15.0 Å². The predicted molar refractivity (Wildman–Crippen MR) is 87.2 cm³/mol. The largest absolute Gasteiger partial charge is 0.484 e. The Bertz CT molecular complexity index is 687. The summed E-state index contributed by atoms with van der Waals surface area (Å²) in [4.78, 5) is 22.7. The summed E-state index contributed by atoms with van der Waals surface area (Å²) in [6.07, 6.45) is 4.06. The fraction of sp³-hybridized carbons (Fsp3) is 0.353. The molecule has 1 N–H and O–H groups in total. The number of hydrogen-bond acceptors (Lipinski definition) is 5. The van der Waals surface area contributed by atoms with Crippen molar-refractivity contribution in [1.82, 2.24) is 15.3 Å². The van der Waals surface area contributed by atoms with Crippen molar-refractivity contribution in [2.75, 3.05) is 24.6 Å². The molecule has 2 aromatic rings. The number of amides is 1. The number of nitrogens with one attached hydrogen (secondary N) is 1. The Hall–Kier alpha value is -2.70. The standard InChI is InChI=1S/C17H19FN4O2/c18-13-3-5-14(6-4-13)24-12-17(23)20-11-15-19-8-7-16(21-15)22-9-1-2-10-22/h3-8H,1-2,9-12H2,(H,20,23). The molecule has 6 nitrogen and oxygen atoms in total. The third-order valence-electron chi connectivity index (χ3n) is 3.75. The van der Waals surface area contributed by atoms with Crippen molar-refractivity contribution < 1.29 is 13.9 Å². The second kappa shape index (κ2) is 7.72. The third kappa shape index (κ3) is 4.41. The Morgan fingerprint density at radius 2 is 1.96 bits per heavy atom. The van der Waals surface area contributed by atoms with Gasteiger partial charge in [0.2, 0.25) is 0 Å². The average Bonchev–Trinajstić information content (AvgIpc) is 3.14. The molecule has 1 saturated heterocycles. The lowest BCUT2D eigenvalue weighted by Crippen LogP contribution is -2.29. The van der Waals surface area contributed by atoms with Gasteiger partial charge >= 0.3 is 0 Å². The maximum absolute atomic E-state index is 12.8. The zero-order valence-electron chi connectivity index (χ0n) is 13.2. The summed E-state index contributed by atoms with van der Waals surface area (Å²) >= 11 is 0. The van der Waals surface area contributed by atoms with Gasteiger partial charge in [-0.1, -0.05) is 0 Å². The van der Waals surface area contributed by atoms with E-state index in [1.165, 1.54) is 37.1 Å². The molecule has 24 heavy (non-hydrogen) atoms. The molecule has 1 aliphatic rings. The van der Waals surface area contributed by atoms with Gasteiger partial charge in [0.05, 0.1) is 6.54 Å². The Morgan fingerprint density at radius 1 is 1.21 bits per heavy atom. The van der Waals surface area contributed by atoms with Gasteiger partial charge in [0, 0.05) is 19.3 Å². The summed E-state index contributed by atoms with van der Waals surface area (Å²) in [7, 11) is 0. The van der Waals surface area contributed by atoms with Gasteiger partial charge in [0.15, 0.2) is 6.61 Å². The summed E-state index contributed by atoms with van der Waals surface area (Å²) < 4.78 is 18.1. The fourth-order valence-electron chi connectivity index (χ4n) is 2.50. The Balaban J connectivity index is 1.47. The van der Waals surface area contributed by atoms with E-state index in [0.717, 1.165) is 18.9 Å². The van der Waals surface area contributed by atoms with E-state index in [2.05, 4.69) is 20.2 Å². The van der Waals surface area contributed by atoms with Crippen LogP contribution in [-0.4, -0.2) is 35.6 Å². The number of rotatable bonds is 6. The monoisotopic (exact) mass is 330 g/mol. The highest BCUT2D eigenvalue weighted by Crippen LogP contribution is 2.16. The van der Waals surface area contributed by atoms with E-state index >= 15 is 0 Å². The molecule has 0 spiro atoms. The van der Waals surface area contributed by atoms with Crippen LogP contribution >= 0.6 is 0 Å². The summed E-state index contributed by atoms with van der Waals surface area (Å²) in [6.45, 7) is 2.12. The molecule has 1 aliphatic heterocycles. The topological polar surface area (TPSA) is 67.3 Å². The molecular weight excluding hydrogens is 311 g/mol. The van der Waals surface area contributed by atoms with E-state index in [1.807, 2.05) is 6.07 Å². The molecule has 0 radical (unpaired) electrons. The van der Waals surface area contributed by atoms with Gasteiger partial charge in [-0.25, -0.2) is 14.4 Å². The molecule has 1 aromatic carbocycles. The highest BCUT2D eigenvalue weighted by molar-refractivity contribution is 5.77. The number of aromatic nitrogens is 2. The highest BCUT2D eigenvalue weighted by atomic mass is 19.1. The summed E-state index contributed by atoms with van der Waals surface area (Å²) in [6, 6.07) is 7.40. The molecular formula is C17H19FN4O2. The lowest BCUT2D eigenvalue weighted by Gasteiger charge is -2.16. The number of ether oxygens (including phenoxy) is 1. The number of benzene rings is 1. The molecule has 0 saturated carbocycles. The van der Waals surface area contributed by atoms with E-state index in [4.69, 9.17) is 4.74 Å². The molecule has 3 rings (SSSR count). The van der Waals surface area contributed by atoms with Gasteiger partial charge in [-0.05, 0) is 43.2 Å². The normalized spacial score (nSPS) is 13.8. The van der Waals surface area contributed by atoms with E-state index in [9.17, 15) is 9.18 Å². The van der Waals surface area contributed by atoms with Crippen molar-refractivity contribution in [3.8, 4) is 5.75 Å². The molecule has 0 unspecified atom stereocenters. The van der Waals surface area contributed by atoms with E-state index < -0.39 is 0 Å². The lowest BCUT2D eigenvalue weighted by atomic mass is 10.3. The van der Waals surface area contributed by atoms with Crippen LogP contribution in [0, 0.1) is 5.82 Å². The SMILES string of the molecule is O=C(COc1ccc(F)cc1)NCc1nccc(N2CCCC2)n1. The molecule has 1 amide bonds. The van der Waals surface area contributed by atoms with Crippen LogP contribution in [0.1, 0.15) is 18.7 Å². The van der Waals surface area contributed by atoms with Crippen LogP contribution in [0.3, 0.4) is 0 Å². The smallest absolute Gasteiger partial charge is 0.258 e. The molecule has 0 atom stereocenters. The first-order valence-corrected chi connectivity index (χ1v) is 7.93. The maximum Gasteiger partial charge on any atom is 0.258 e. The molecule has 126 valence electrons. The van der Waals surface area contributed by atoms with E-state index in [0.29, 0.717) is 11.6 Å². The van der Waals surface area contributed by atoms with Gasteiger partial charge in [0.1, 0.15) is 23.2 Å². The van der Waals surface area contributed by atoms with Crippen LogP contribution < -0.4 is 15.0 Å². The summed E-state index contributed by atoms with van der Waals surface area (Å²) in [5.74, 6) is 1.28. The fourth-order valence-corrected chi connectivity index (χ4v) is 2.50.